The third kappa shape index (κ3) is 1.46. The topological polar surface area (TPSA) is 52.0 Å². The number of hydrazine groups is 1. The predicted octanol–water partition coefficient (Wildman–Crippen LogP) is 0.668. The molecule has 0 aliphatic carbocycles. The van der Waals surface area contributed by atoms with Crippen LogP contribution < -0.4 is 10.4 Å². The van der Waals surface area contributed by atoms with Crippen LogP contribution in [0.25, 0.3) is 0 Å². The van der Waals surface area contributed by atoms with Crippen LogP contribution in [0.3, 0.4) is 0 Å². The van der Waals surface area contributed by atoms with Gasteiger partial charge in [-0.1, -0.05) is 0 Å². The van der Waals surface area contributed by atoms with Crippen LogP contribution in [0, 0.1) is 11.3 Å². The molecule has 1 fully saturated rings. The van der Waals surface area contributed by atoms with E-state index in [2.05, 4.69) is 16.5 Å². The fourth-order valence-corrected chi connectivity index (χ4v) is 1.44. The van der Waals surface area contributed by atoms with Crippen LogP contribution in [0.1, 0.15) is 12.0 Å². The SMILES string of the molecule is N#Cc1cnccc1N1CCCN1. The molecule has 1 aliphatic rings. The van der Waals surface area contributed by atoms with Gasteiger partial charge in [-0.05, 0) is 12.5 Å². The number of pyridine rings is 1. The quantitative estimate of drug-likeness (QED) is 0.679. The molecule has 0 spiro atoms. The van der Waals surface area contributed by atoms with Crippen LogP contribution in [0.15, 0.2) is 18.5 Å². The first-order valence-corrected chi connectivity index (χ1v) is 4.27. The second-order valence-corrected chi connectivity index (χ2v) is 2.92. The Morgan fingerprint density at radius 3 is 3.23 bits per heavy atom. The Kier molecular flexibility index (Phi) is 2.11. The summed E-state index contributed by atoms with van der Waals surface area (Å²) in [6.45, 7) is 1.94. The average Bonchev–Trinajstić information content (AvgIpc) is 2.70. The molecular weight excluding hydrogens is 164 g/mol. The fraction of sp³-hybridized carbons (Fsp3) is 0.333. The maximum atomic E-state index is 8.83. The lowest BCUT2D eigenvalue weighted by atomic mass is 10.2. The highest BCUT2D eigenvalue weighted by Crippen LogP contribution is 2.18. The molecule has 0 unspecified atom stereocenters. The molecule has 1 aliphatic heterocycles. The third-order valence-corrected chi connectivity index (χ3v) is 2.07. The summed E-state index contributed by atoms with van der Waals surface area (Å²) in [7, 11) is 0. The molecule has 0 aromatic carbocycles. The Morgan fingerprint density at radius 2 is 2.54 bits per heavy atom. The van der Waals surface area contributed by atoms with Gasteiger partial charge in [-0.15, -0.1) is 0 Å². The maximum absolute atomic E-state index is 8.83. The van der Waals surface area contributed by atoms with Crippen molar-refractivity contribution >= 4 is 5.69 Å². The zero-order valence-corrected chi connectivity index (χ0v) is 7.20. The summed E-state index contributed by atoms with van der Waals surface area (Å²) in [5.74, 6) is 0. The molecular formula is C9H10N4. The molecule has 4 heteroatoms. The van der Waals surface area contributed by atoms with Crippen LogP contribution in [-0.4, -0.2) is 18.1 Å². The van der Waals surface area contributed by atoms with Crippen molar-refractivity contribution in [2.75, 3.05) is 18.1 Å². The first kappa shape index (κ1) is 8.02. The smallest absolute Gasteiger partial charge is 0.103 e. The van der Waals surface area contributed by atoms with Crippen molar-refractivity contribution in [3.63, 3.8) is 0 Å². The van der Waals surface area contributed by atoms with Gasteiger partial charge in [0.05, 0.1) is 11.3 Å². The lowest BCUT2D eigenvalue weighted by Crippen LogP contribution is -2.31. The number of aromatic nitrogens is 1. The van der Waals surface area contributed by atoms with E-state index in [0.29, 0.717) is 5.56 Å². The minimum Gasteiger partial charge on any atom is -0.307 e. The number of hydrogen-bond donors (Lipinski definition) is 1. The second-order valence-electron chi connectivity index (χ2n) is 2.92. The van der Waals surface area contributed by atoms with Gasteiger partial charge in [-0.3, -0.25) is 4.98 Å². The molecule has 2 rings (SSSR count). The zero-order valence-electron chi connectivity index (χ0n) is 7.20. The summed E-state index contributed by atoms with van der Waals surface area (Å²) in [6, 6.07) is 3.99. The minimum absolute atomic E-state index is 0.622. The monoisotopic (exact) mass is 174 g/mol. The van der Waals surface area contributed by atoms with Gasteiger partial charge in [0.15, 0.2) is 0 Å². The summed E-state index contributed by atoms with van der Waals surface area (Å²) in [6.07, 6.45) is 4.42. The number of nitriles is 1. The summed E-state index contributed by atoms with van der Waals surface area (Å²) in [5.41, 5.74) is 4.75. The molecule has 0 saturated carbocycles. The van der Waals surface area contributed by atoms with Crippen molar-refractivity contribution in [3.05, 3.63) is 24.0 Å². The van der Waals surface area contributed by atoms with Crippen molar-refractivity contribution in [1.29, 1.82) is 5.26 Å². The van der Waals surface area contributed by atoms with Crippen LogP contribution >= 0.6 is 0 Å². The Bertz CT molecular complexity index is 336. The van der Waals surface area contributed by atoms with E-state index >= 15 is 0 Å². The van der Waals surface area contributed by atoms with E-state index in [1.54, 1.807) is 12.4 Å². The van der Waals surface area contributed by atoms with Crippen LogP contribution in [-0.2, 0) is 0 Å². The van der Waals surface area contributed by atoms with E-state index in [1.165, 1.54) is 0 Å². The van der Waals surface area contributed by atoms with E-state index in [1.807, 2.05) is 11.1 Å². The molecule has 0 atom stereocenters. The zero-order chi connectivity index (χ0) is 9.10. The van der Waals surface area contributed by atoms with Crippen LogP contribution in [0.5, 0.6) is 0 Å². The van der Waals surface area contributed by atoms with Crippen molar-refractivity contribution in [3.8, 4) is 6.07 Å². The first-order valence-electron chi connectivity index (χ1n) is 4.27. The third-order valence-electron chi connectivity index (χ3n) is 2.07. The lowest BCUT2D eigenvalue weighted by Gasteiger charge is -2.18. The molecule has 2 heterocycles. The highest BCUT2D eigenvalue weighted by atomic mass is 15.5. The number of nitrogens with one attached hydrogen (secondary N) is 1. The van der Waals surface area contributed by atoms with E-state index in [-0.39, 0.29) is 0 Å². The van der Waals surface area contributed by atoms with Gasteiger partial charge >= 0.3 is 0 Å². The number of rotatable bonds is 1. The van der Waals surface area contributed by atoms with E-state index in [0.717, 1.165) is 25.2 Å². The molecule has 4 nitrogen and oxygen atoms in total. The molecule has 1 aromatic rings. The molecule has 0 amide bonds. The molecule has 1 aromatic heterocycles. The van der Waals surface area contributed by atoms with E-state index < -0.39 is 0 Å². The summed E-state index contributed by atoms with van der Waals surface area (Å²) in [4.78, 5) is 3.91. The van der Waals surface area contributed by atoms with Crippen molar-refractivity contribution in [1.82, 2.24) is 10.4 Å². The summed E-state index contributed by atoms with van der Waals surface area (Å²) in [5, 5.41) is 10.8. The molecule has 13 heavy (non-hydrogen) atoms. The maximum Gasteiger partial charge on any atom is 0.103 e. The lowest BCUT2D eigenvalue weighted by molar-refractivity contribution is 0.785. The van der Waals surface area contributed by atoms with E-state index in [4.69, 9.17) is 5.26 Å². The minimum atomic E-state index is 0.622. The predicted molar refractivity (Wildman–Crippen MR) is 48.9 cm³/mol. The van der Waals surface area contributed by atoms with Gasteiger partial charge in [0, 0.05) is 25.5 Å². The Morgan fingerprint density at radius 1 is 1.62 bits per heavy atom. The van der Waals surface area contributed by atoms with Crippen molar-refractivity contribution < 1.29 is 0 Å². The van der Waals surface area contributed by atoms with Gasteiger partial charge in [-0.25, -0.2) is 5.43 Å². The first-order chi connectivity index (χ1) is 6.42. The molecule has 0 radical (unpaired) electrons. The standard InChI is InChI=1S/C9H10N4/c10-6-8-7-11-4-2-9(8)13-5-1-3-12-13/h2,4,7,12H,1,3,5H2. The fourth-order valence-electron chi connectivity index (χ4n) is 1.44. The normalized spacial score (nSPS) is 15.8. The van der Waals surface area contributed by atoms with Gasteiger partial charge in [0.1, 0.15) is 6.07 Å². The van der Waals surface area contributed by atoms with Gasteiger partial charge in [-0.2, -0.15) is 5.26 Å². The van der Waals surface area contributed by atoms with Gasteiger partial charge < -0.3 is 5.01 Å². The number of hydrogen-bond acceptors (Lipinski definition) is 4. The van der Waals surface area contributed by atoms with E-state index in [9.17, 15) is 0 Å². The molecule has 0 bridgehead atoms. The van der Waals surface area contributed by atoms with Crippen LogP contribution in [0.2, 0.25) is 0 Å². The molecule has 1 N–H and O–H groups in total. The van der Waals surface area contributed by atoms with Gasteiger partial charge in [0.25, 0.3) is 0 Å². The molecule has 66 valence electrons. The number of nitrogens with zero attached hydrogens (tertiary/aromatic N) is 3. The highest BCUT2D eigenvalue weighted by molar-refractivity contribution is 5.57. The highest BCUT2D eigenvalue weighted by Gasteiger charge is 2.14. The summed E-state index contributed by atoms with van der Waals surface area (Å²) >= 11 is 0. The molecule has 1 saturated heterocycles. The van der Waals surface area contributed by atoms with Crippen molar-refractivity contribution in [2.45, 2.75) is 6.42 Å². The number of anilines is 1. The van der Waals surface area contributed by atoms with Crippen molar-refractivity contribution in [2.24, 2.45) is 0 Å². The second kappa shape index (κ2) is 3.42. The average molecular weight is 174 g/mol. The largest absolute Gasteiger partial charge is 0.307 e. The Hall–Kier alpha value is -1.60. The Balaban J connectivity index is 2.33. The van der Waals surface area contributed by atoms with Gasteiger partial charge in [0.2, 0.25) is 0 Å². The Labute approximate surface area is 76.8 Å². The summed E-state index contributed by atoms with van der Waals surface area (Å²) < 4.78 is 0. The van der Waals surface area contributed by atoms with Crippen LogP contribution in [0.4, 0.5) is 5.69 Å².